The van der Waals surface area contributed by atoms with Crippen molar-refractivity contribution in [2.24, 2.45) is 5.41 Å². The molecule has 0 aromatic heterocycles. The first-order valence-corrected chi connectivity index (χ1v) is 6.54. The number of rotatable bonds is 6. The number of aliphatic hydroxyl groups is 1. The molecule has 0 radical (unpaired) electrons. The predicted octanol–water partition coefficient (Wildman–Crippen LogP) is 1.07. The summed E-state index contributed by atoms with van der Waals surface area (Å²) in [5.74, 6) is 0. The molecule has 0 spiro atoms. The number of carbonyl (C=O) groups excluding carboxylic acids is 1. The smallest absolute Gasteiger partial charge is 0.127 e. The molecule has 1 rings (SSSR count). The maximum atomic E-state index is 11.3. The number of hydrogen-bond donors (Lipinski definition) is 1. The van der Waals surface area contributed by atoms with Crippen LogP contribution in [0.15, 0.2) is 0 Å². The lowest BCUT2D eigenvalue weighted by molar-refractivity contribution is -0.124. The van der Waals surface area contributed by atoms with Gasteiger partial charge in [-0.05, 0) is 19.8 Å². The Labute approximate surface area is 104 Å². The molecule has 0 amide bonds. The fraction of sp³-hybridized carbons (Fsp3) is 0.923. The van der Waals surface area contributed by atoms with E-state index in [1.807, 2.05) is 6.92 Å². The Balaban J connectivity index is 2.62. The molecule has 0 bridgehead atoms. The van der Waals surface area contributed by atoms with Gasteiger partial charge in [-0.3, -0.25) is 4.90 Å². The average molecular weight is 243 g/mol. The molecule has 4 nitrogen and oxygen atoms in total. The third-order valence-corrected chi connectivity index (χ3v) is 3.80. The van der Waals surface area contributed by atoms with Gasteiger partial charge in [0.1, 0.15) is 6.29 Å². The van der Waals surface area contributed by atoms with Gasteiger partial charge in [0, 0.05) is 25.0 Å². The average Bonchev–Trinajstić information content (AvgIpc) is 2.35. The number of aliphatic hydroxyl groups excluding tert-OH is 1. The molecule has 2 unspecified atom stereocenters. The van der Waals surface area contributed by atoms with Gasteiger partial charge in [-0.15, -0.1) is 0 Å². The zero-order valence-corrected chi connectivity index (χ0v) is 11.2. The largest absolute Gasteiger partial charge is 0.394 e. The molecule has 4 heteroatoms. The van der Waals surface area contributed by atoms with Crippen molar-refractivity contribution >= 4 is 6.29 Å². The molecule has 100 valence electrons. The van der Waals surface area contributed by atoms with Gasteiger partial charge in [0.15, 0.2) is 0 Å². The minimum absolute atomic E-state index is 0.0488. The lowest BCUT2D eigenvalue weighted by atomic mass is 9.83. The molecule has 0 aromatic carbocycles. The van der Waals surface area contributed by atoms with Crippen molar-refractivity contribution in [3.8, 4) is 0 Å². The summed E-state index contributed by atoms with van der Waals surface area (Å²) in [6, 6.07) is 0. The van der Waals surface area contributed by atoms with Crippen molar-refractivity contribution < 1.29 is 14.6 Å². The molecule has 17 heavy (non-hydrogen) atoms. The minimum atomic E-state index is -0.239. The normalized spacial score (nSPS) is 27.1. The fourth-order valence-corrected chi connectivity index (χ4v) is 2.49. The maximum Gasteiger partial charge on any atom is 0.127 e. The van der Waals surface area contributed by atoms with E-state index >= 15 is 0 Å². The van der Waals surface area contributed by atoms with Crippen molar-refractivity contribution in [3.63, 3.8) is 0 Å². The summed E-state index contributed by atoms with van der Waals surface area (Å²) in [5.41, 5.74) is -0.239. The maximum absolute atomic E-state index is 11.3. The van der Waals surface area contributed by atoms with E-state index in [9.17, 15) is 9.90 Å². The molecular weight excluding hydrogens is 218 g/mol. The van der Waals surface area contributed by atoms with Crippen LogP contribution in [0.4, 0.5) is 0 Å². The van der Waals surface area contributed by atoms with Crippen LogP contribution in [0.25, 0.3) is 0 Å². The van der Waals surface area contributed by atoms with E-state index in [1.54, 1.807) is 0 Å². The summed E-state index contributed by atoms with van der Waals surface area (Å²) in [6.07, 6.45) is 2.84. The van der Waals surface area contributed by atoms with Crippen molar-refractivity contribution in [1.82, 2.24) is 4.90 Å². The Hall–Kier alpha value is -0.450. The lowest BCUT2D eigenvalue weighted by Crippen LogP contribution is -2.51. The van der Waals surface area contributed by atoms with E-state index in [4.69, 9.17) is 4.74 Å². The van der Waals surface area contributed by atoms with Crippen LogP contribution in [0, 0.1) is 5.41 Å². The number of nitrogens with zero attached hydrogens (tertiary/aromatic N) is 1. The van der Waals surface area contributed by atoms with Crippen LogP contribution in [0.1, 0.15) is 33.6 Å². The minimum Gasteiger partial charge on any atom is -0.394 e. The summed E-state index contributed by atoms with van der Waals surface area (Å²) >= 11 is 0. The van der Waals surface area contributed by atoms with Crippen molar-refractivity contribution in [3.05, 3.63) is 0 Å². The van der Waals surface area contributed by atoms with Crippen LogP contribution < -0.4 is 0 Å². The van der Waals surface area contributed by atoms with Crippen molar-refractivity contribution in [2.75, 3.05) is 26.2 Å². The van der Waals surface area contributed by atoms with Gasteiger partial charge < -0.3 is 14.6 Å². The summed E-state index contributed by atoms with van der Waals surface area (Å²) in [4.78, 5) is 13.5. The number of carbonyl (C=O) groups is 1. The standard InChI is InChI=1S/C13H25NO3/c1-4-13(5-2,10-16)9-14-6-11(3)17-12(7-14)8-15/h10-12,15H,4-9H2,1-3H3. The fourth-order valence-electron chi connectivity index (χ4n) is 2.49. The number of aldehydes is 1. The number of morpholine rings is 1. The van der Waals surface area contributed by atoms with E-state index in [0.29, 0.717) is 0 Å². The van der Waals surface area contributed by atoms with Crippen LogP contribution in [0.2, 0.25) is 0 Å². The number of hydrogen-bond acceptors (Lipinski definition) is 4. The molecule has 0 aliphatic carbocycles. The molecule has 1 saturated heterocycles. The first kappa shape index (κ1) is 14.6. The summed E-state index contributed by atoms with van der Waals surface area (Å²) in [7, 11) is 0. The Morgan fingerprint density at radius 2 is 2.06 bits per heavy atom. The lowest BCUT2D eigenvalue weighted by Gasteiger charge is -2.40. The van der Waals surface area contributed by atoms with E-state index in [-0.39, 0.29) is 24.2 Å². The Kier molecular flexibility index (Phi) is 5.56. The molecule has 1 fully saturated rings. The third kappa shape index (κ3) is 3.76. The van der Waals surface area contributed by atoms with Crippen molar-refractivity contribution in [2.45, 2.75) is 45.8 Å². The highest BCUT2D eigenvalue weighted by atomic mass is 16.5. The van der Waals surface area contributed by atoms with Gasteiger partial charge >= 0.3 is 0 Å². The van der Waals surface area contributed by atoms with Gasteiger partial charge in [-0.1, -0.05) is 13.8 Å². The molecule has 0 aromatic rings. The van der Waals surface area contributed by atoms with Gasteiger partial charge in [-0.25, -0.2) is 0 Å². The van der Waals surface area contributed by atoms with Crippen molar-refractivity contribution in [1.29, 1.82) is 0 Å². The topological polar surface area (TPSA) is 49.8 Å². The van der Waals surface area contributed by atoms with Crippen LogP contribution in [-0.4, -0.2) is 54.7 Å². The van der Waals surface area contributed by atoms with E-state index in [0.717, 1.165) is 38.8 Å². The van der Waals surface area contributed by atoms with E-state index < -0.39 is 0 Å². The molecule has 0 saturated carbocycles. The van der Waals surface area contributed by atoms with Crippen LogP contribution in [0.5, 0.6) is 0 Å². The monoisotopic (exact) mass is 243 g/mol. The molecule has 2 atom stereocenters. The molecule has 1 N–H and O–H groups in total. The van der Waals surface area contributed by atoms with E-state index in [1.165, 1.54) is 0 Å². The number of ether oxygens (including phenoxy) is 1. The molecule has 1 aliphatic rings. The van der Waals surface area contributed by atoms with Gasteiger partial charge in [0.05, 0.1) is 18.8 Å². The highest BCUT2D eigenvalue weighted by Crippen LogP contribution is 2.26. The summed E-state index contributed by atoms with van der Waals surface area (Å²) in [5, 5.41) is 9.18. The van der Waals surface area contributed by atoms with Gasteiger partial charge in [-0.2, -0.15) is 0 Å². The molecule has 1 heterocycles. The second kappa shape index (κ2) is 6.47. The first-order chi connectivity index (χ1) is 8.09. The second-order valence-corrected chi connectivity index (χ2v) is 5.13. The summed E-state index contributed by atoms with van der Waals surface area (Å²) in [6.45, 7) is 8.51. The van der Waals surface area contributed by atoms with E-state index in [2.05, 4.69) is 18.7 Å². The summed E-state index contributed by atoms with van der Waals surface area (Å²) < 4.78 is 5.60. The Bertz CT molecular complexity index is 241. The zero-order chi connectivity index (χ0) is 12.9. The molecular formula is C13H25NO3. The van der Waals surface area contributed by atoms with Gasteiger partial charge in [0.25, 0.3) is 0 Å². The zero-order valence-electron chi connectivity index (χ0n) is 11.2. The quantitative estimate of drug-likeness (QED) is 0.709. The highest BCUT2D eigenvalue weighted by molar-refractivity contribution is 5.59. The Morgan fingerprint density at radius 1 is 1.41 bits per heavy atom. The Morgan fingerprint density at radius 3 is 2.53 bits per heavy atom. The van der Waals surface area contributed by atoms with Crippen LogP contribution in [-0.2, 0) is 9.53 Å². The SMILES string of the molecule is CCC(C=O)(CC)CN1CC(C)OC(CO)C1. The first-order valence-electron chi connectivity index (χ1n) is 6.54. The second-order valence-electron chi connectivity index (χ2n) is 5.13. The van der Waals surface area contributed by atoms with Gasteiger partial charge in [0.2, 0.25) is 0 Å². The predicted molar refractivity (Wildman–Crippen MR) is 66.9 cm³/mol. The van der Waals surface area contributed by atoms with Crippen LogP contribution >= 0.6 is 0 Å². The highest BCUT2D eigenvalue weighted by Gasteiger charge is 2.32. The third-order valence-electron chi connectivity index (χ3n) is 3.80. The van der Waals surface area contributed by atoms with Crippen LogP contribution in [0.3, 0.4) is 0 Å². The molecule has 1 aliphatic heterocycles.